The molecule has 0 spiro atoms. The molecule has 1 saturated heterocycles. The molecule has 36 heavy (non-hydrogen) atoms. The summed E-state index contributed by atoms with van der Waals surface area (Å²) >= 11 is 0. The maximum atomic E-state index is 13.3. The van der Waals surface area contributed by atoms with Gasteiger partial charge in [-0.05, 0) is 54.3 Å². The highest BCUT2D eigenvalue weighted by Crippen LogP contribution is 2.42. The van der Waals surface area contributed by atoms with Gasteiger partial charge in [0.05, 0.1) is 24.6 Å². The minimum absolute atomic E-state index is 0.0208. The van der Waals surface area contributed by atoms with Gasteiger partial charge in [0, 0.05) is 11.3 Å². The Balaban J connectivity index is 1.86. The summed E-state index contributed by atoms with van der Waals surface area (Å²) in [7, 11) is 0. The van der Waals surface area contributed by atoms with Crippen molar-refractivity contribution in [2.45, 2.75) is 32.7 Å². The molecule has 1 aliphatic heterocycles. The lowest BCUT2D eigenvalue weighted by atomic mass is 9.94. The van der Waals surface area contributed by atoms with Crippen LogP contribution in [0.1, 0.15) is 42.1 Å². The highest BCUT2D eigenvalue weighted by Gasteiger charge is 2.47. The van der Waals surface area contributed by atoms with Gasteiger partial charge in [0.15, 0.2) is 0 Å². The van der Waals surface area contributed by atoms with Gasteiger partial charge >= 0.3 is 5.97 Å². The van der Waals surface area contributed by atoms with E-state index in [-0.39, 0.29) is 17.8 Å². The zero-order valence-electron chi connectivity index (χ0n) is 20.1. The van der Waals surface area contributed by atoms with Gasteiger partial charge < -0.3 is 14.9 Å². The van der Waals surface area contributed by atoms with Crippen molar-refractivity contribution in [3.63, 3.8) is 0 Å². The Morgan fingerprint density at radius 1 is 0.917 bits per heavy atom. The standard InChI is InChI=1S/C29H27NO6/c1-3-18-8-12-20(13-9-18)26-25(27(33)21-6-5-7-23(17-21)36-4-2)28(34)29(35)30(26)22-14-10-19(11-15-22)16-24(31)32/h5-15,17,26,33H,3-4,16H2,1-2H3,(H,31,32)/b27-25-. The molecule has 1 fully saturated rings. The van der Waals surface area contributed by atoms with Crippen molar-refractivity contribution in [1.82, 2.24) is 0 Å². The Kier molecular flexibility index (Phi) is 7.20. The van der Waals surface area contributed by atoms with Crippen LogP contribution in [0.2, 0.25) is 0 Å². The summed E-state index contributed by atoms with van der Waals surface area (Å²) in [6.07, 6.45) is 0.674. The fourth-order valence-corrected chi connectivity index (χ4v) is 4.35. The first-order valence-corrected chi connectivity index (χ1v) is 11.8. The summed E-state index contributed by atoms with van der Waals surface area (Å²) in [5.41, 5.74) is 3.11. The number of carboxylic acid groups (broad SMARTS) is 1. The molecule has 3 aromatic rings. The molecule has 2 N–H and O–H groups in total. The zero-order valence-corrected chi connectivity index (χ0v) is 20.1. The van der Waals surface area contributed by atoms with E-state index in [1.807, 2.05) is 38.1 Å². The Hall–Kier alpha value is -4.39. The summed E-state index contributed by atoms with van der Waals surface area (Å²) in [6.45, 7) is 4.32. The largest absolute Gasteiger partial charge is 0.507 e. The number of aryl methyl sites for hydroxylation is 1. The first-order valence-electron chi connectivity index (χ1n) is 11.8. The number of hydrogen-bond donors (Lipinski definition) is 2. The molecule has 0 aromatic heterocycles. The van der Waals surface area contributed by atoms with Crippen LogP contribution in [0.25, 0.3) is 5.76 Å². The summed E-state index contributed by atoms with van der Waals surface area (Å²) < 4.78 is 5.54. The maximum Gasteiger partial charge on any atom is 0.307 e. The van der Waals surface area contributed by atoms with Crippen molar-refractivity contribution in [2.24, 2.45) is 0 Å². The van der Waals surface area contributed by atoms with Gasteiger partial charge in [-0.25, -0.2) is 0 Å². The predicted octanol–water partition coefficient (Wildman–Crippen LogP) is 4.90. The molecule has 0 radical (unpaired) electrons. The molecule has 1 unspecified atom stereocenters. The number of ketones is 1. The predicted molar refractivity (Wildman–Crippen MR) is 136 cm³/mol. The van der Waals surface area contributed by atoms with Crippen LogP contribution in [0.4, 0.5) is 5.69 Å². The van der Waals surface area contributed by atoms with Crippen molar-refractivity contribution in [3.8, 4) is 5.75 Å². The second-order valence-electron chi connectivity index (χ2n) is 8.46. The number of carbonyl (C=O) groups is 3. The zero-order chi connectivity index (χ0) is 25.8. The summed E-state index contributed by atoms with van der Waals surface area (Å²) in [5, 5.41) is 20.4. The minimum Gasteiger partial charge on any atom is -0.507 e. The van der Waals surface area contributed by atoms with Gasteiger partial charge in [-0.3, -0.25) is 19.3 Å². The molecule has 1 aliphatic rings. The normalized spacial score (nSPS) is 16.8. The Morgan fingerprint density at radius 2 is 1.58 bits per heavy atom. The smallest absolute Gasteiger partial charge is 0.307 e. The summed E-state index contributed by atoms with van der Waals surface area (Å²) in [6, 6.07) is 19.9. The number of aliphatic hydroxyl groups excluding tert-OH is 1. The first kappa shape index (κ1) is 24.7. The number of nitrogens with zero attached hydrogens (tertiary/aromatic N) is 1. The third-order valence-corrected chi connectivity index (χ3v) is 6.14. The van der Waals surface area contributed by atoms with E-state index in [9.17, 15) is 19.5 Å². The molecule has 3 aromatic carbocycles. The molecule has 0 bridgehead atoms. The number of anilines is 1. The molecular formula is C29H27NO6. The molecule has 7 heteroatoms. The van der Waals surface area contributed by atoms with Crippen LogP contribution >= 0.6 is 0 Å². The average molecular weight is 486 g/mol. The number of benzene rings is 3. The maximum absolute atomic E-state index is 13.3. The average Bonchev–Trinajstić information content (AvgIpc) is 3.14. The van der Waals surface area contributed by atoms with Crippen molar-refractivity contribution < 1.29 is 29.3 Å². The number of rotatable bonds is 8. The van der Waals surface area contributed by atoms with Crippen molar-refractivity contribution >= 4 is 29.1 Å². The number of amides is 1. The third kappa shape index (κ3) is 4.86. The summed E-state index contributed by atoms with van der Waals surface area (Å²) in [5.74, 6) is -2.28. The molecule has 0 saturated carbocycles. The summed E-state index contributed by atoms with van der Waals surface area (Å²) in [4.78, 5) is 39.0. The molecular weight excluding hydrogens is 458 g/mol. The van der Waals surface area contributed by atoms with Gasteiger partial charge in [0.25, 0.3) is 11.7 Å². The first-order chi connectivity index (χ1) is 17.3. The van der Waals surface area contributed by atoms with Crippen LogP contribution in [0.3, 0.4) is 0 Å². The van der Waals surface area contributed by atoms with E-state index in [4.69, 9.17) is 9.84 Å². The minimum atomic E-state index is -0.964. The topological polar surface area (TPSA) is 104 Å². The number of carboxylic acids is 1. The van der Waals surface area contributed by atoms with E-state index in [2.05, 4.69) is 0 Å². The Bertz CT molecular complexity index is 1320. The molecule has 0 aliphatic carbocycles. The van der Waals surface area contributed by atoms with Crippen LogP contribution in [0.5, 0.6) is 5.75 Å². The third-order valence-electron chi connectivity index (χ3n) is 6.14. The fraction of sp³-hybridized carbons (Fsp3) is 0.207. The van der Waals surface area contributed by atoms with E-state index in [0.29, 0.717) is 34.7 Å². The van der Waals surface area contributed by atoms with Crippen LogP contribution < -0.4 is 9.64 Å². The molecule has 4 rings (SSSR count). The monoisotopic (exact) mass is 485 g/mol. The van der Waals surface area contributed by atoms with Crippen LogP contribution in [-0.2, 0) is 27.2 Å². The van der Waals surface area contributed by atoms with Gasteiger partial charge in [-0.15, -0.1) is 0 Å². The van der Waals surface area contributed by atoms with E-state index in [0.717, 1.165) is 12.0 Å². The van der Waals surface area contributed by atoms with Crippen LogP contribution in [0, 0.1) is 0 Å². The quantitative estimate of drug-likeness (QED) is 0.267. The Morgan fingerprint density at radius 3 is 2.19 bits per heavy atom. The van der Waals surface area contributed by atoms with Crippen molar-refractivity contribution in [2.75, 3.05) is 11.5 Å². The second kappa shape index (κ2) is 10.5. The highest BCUT2D eigenvalue weighted by molar-refractivity contribution is 6.51. The highest BCUT2D eigenvalue weighted by atomic mass is 16.5. The molecule has 184 valence electrons. The fourth-order valence-electron chi connectivity index (χ4n) is 4.35. The number of ether oxygens (including phenoxy) is 1. The molecule has 1 atom stereocenters. The molecule has 1 amide bonds. The van der Waals surface area contributed by atoms with E-state index < -0.39 is 23.7 Å². The lowest BCUT2D eigenvalue weighted by Crippen LogP contribution is -2.29. The van der Waals surface area contributed by atoms with Crippen LogP contribution in [0.15, 0.2) is 78.4 Å². The van der Waals surface area contributed by atoms with Gasteiger partial charge in [0.2, 0.25) is 0 Å². The van der Waals surface area contributed by atoms with Crippen LogP contribution in [-0.4, -0.2) is 34.5 Å². The lowest BCUT2D eigenvalue weighted by Gasteiger charge is -2.26. The van der Waals surface area contributed by atoms with E-state index >= 15 is 0 Å². The number of aliphatic carboxylic acids is 1. The SMILES string of the molecule is CCOc1cccc(/C(O)=C2/C(=O)C(=O)N(c3ccc(CC(=O)O)cc3)C2c2ccc(CC)cc2)c1. The van der Waals surface area contributed by atoms with Crippen molar-refractivity contribution in [3.05, 3.63) is 101 Å². The lowest BCUT2D eigenvalue weighted by molar-refractivity contribution is -0.136. The number of Topliss-reactive ketones (excluding diaryl/α,β-unsaturated/α-hetero) is 1. The number of hydrogen-bond acceptors (Lipinski definition) is 5. The molecule has 7 nitrogen and oxygen atoms in total. The molecule has 1 heterocycles. The van der Waals surface area contributed by atoms with Gasteiger partial charge in [-0.1, -0.05) is 55.5 Å². The van der Waals surface area contributed by atoms with Gasteiger partial charge in [-0.2, -0.15) is 0 Å². The van der Waals surface area contributed by atoms with Crippen molar-refractivity contribution in [1.29, 1.82) is 0 Å². The van der Waals surface area contributed by atoms with Gasteiger partial charge in [0.1, 0.15) is 11.5 Å². The number of aliphatic hydroxyl groups is 1. The van der Waals surface area contributed by atoms with E-state index in [1.54, 1.807) is 48.5 Å². The second-order valence-corrected chi connectivity index (χ2v) is 8.46. The number of carbonyl (C=O) groups excluding carboxylic acids is 2. The Labute approximate surface area is 209 Å². The van der Waals surface area contributed by atoms with E-state index in [1.165, 1.54) is 4.90 Å².